The summed E-state index contributed by atoms with van der Waals surface area (Å²) < 4.78 is 0. The van der Waals surface area contributed by atoms with Gasteiger partial charge in [0.15, 0.2) is 0 Å². The Kier molecular flexibility index (Phi) is 3.67. The third kappa shape index (κ3) is 2.19. The van der Waals surface area contributed by atoms with E-state index in [2.05, 4.69) is 29.6 Å². The Morgan fingerprint density at radius 3 is 3.00 bits per heavy atom. The van der Waals surface area contributed by atoms with Crippen molar-refractivity contribution in [1.29, 1.82) is 0 Å². The Hall–Kier alpha value is -0.510. The van der Waals surface area contributed by atoms with E-state index in [1.54, 1.807) is 0 Å². The van der Waals surface area contributed by atoms with Crippen LogP contribution < -0.4 is 5.32 Å². The number of benzene rings is 1. The van der Waals surface area contributed by atoms with Gasteiger partial charge in [-0.05, 0) is 24.6 Å². The molecule has 0 aromatic heterocycles. The zero-order valence-corrected chi connectivity index (χ0v) is 9.76. The van der Waals surface area contributed by atoms with Gasteiger partial charge in [-0.1, -0.05) is 24.3 Å². The lowest BCUT2D eigenvalue weighted by molar-refractivity contribution is 0.322. The zero-order valence-electron chi connectivity index (χ0n) is 8.94. The maximum absolute atomic E-state index is 8.86. The summed E-state index contributed by atoms with van der Waals surface area (Å²) in [6, 6.07) is 9.06. The summed E-state index contributed by atoms with van der Waals surface area (Å²) in [5.41, 5.74) is 2.88. The first-order valence-electron chi connectivity index (χ1n) is 5.34. The molecule has 0 heterocycles. The average molecular weight is 223 g/mol. The monoisotopic (exact) mass is 223 g/mol. The average Bonchev–Trinajstić information content (AvgIpc) is 2.63. The SMILES string of the molecule is CNC1c2ccccc2CC1SCCO. The Bertz CT molecular complexity index is 329. The highest BCUT2D eigenvalue weighted by molar-refractivity contribution is 8.00. The van der Waals surface area contributed by atoms with Crippen LogP contribution in [-0.2, 0) is 6.42 Å². The molecule has 0 saturated carbocycles. The highest BCUT2D eigenvalue weighted by Gasteiger charge is 2.30. The summed E-state index contributed by atoms with van der Waals surface area (Å²) in [6.45, 7) is 0.272. The molecule has 2 rings (SSSR count). The lowest BCUT2D eigenvalue weighted by atomic mass is 10.1. The molecule has 2 nitrogen and oxygen atoms in total. The minimum Gasteiger partial charge on any atom is -0.396 e. The van der Waals surface area contributed by atoms with Gasteiger partial charge in [-0.25, -0.2) is 0 Å². The quantitative estimate of drug-likeness (QED) is 0.813. The number of hydrogen-bond acceptors (Lipinski definition) is 3. The van der Waals surface area contributed by atoms with E-state index in [9.17, 15) is 0 Å². The summed E-state index contributed by atoms with van der Waals surface area (Å²) in [7, 11) is 2.01. The van der Waals surface area contributed by atoms with Crippen molar-refractivity contribution in [2.24, 2.45) is 0 Å². The Balaban J connectivity index is 2.13. The van der Waals surface area contributed by atoms with Crippen molar-refractivity contribution < 1.29 is 5.11 Å². The topological polar surface area (TPSA) is 32.3 Å². The van der Waals surface area contributed by atoms with E-state index in [-0.39, 0.29) is 6.61 Å². The normalized spacial score (nSPS) is 24.1. The fourth-order valence-corrected chi connectivity index (χ4v) is 3.44. The summed E-state index contributed by atoms with van der Waals surface area (Å²) in [6.07, 6.45) is 1.12. The predicted molar refractivity (Wildman–Crippen MR) is 65.3 cm³/mol. The highest BCUT2D eigenvalue weighted by Crippen LogP contribution is 2.37. The fraction of sp³-hybridized carbons (Fsp3) is 0.500. The number of aliphatic hydroxyl groups excluding tert-OH is 1. The molecule has 3 heteroatoms. The van der Waals surface area contributed by atoms with Crippen LogP contribution >= 0.6 is 11.8 Å². The van der Waals surface area contributed by atoms with Crippen molar-refractivity contribution in [2.45, 2.75) is 17.7 Å². The summed E-state index contributed by atoms with van der Waals surface area (Å²) in [5, 5.41) is 12.8. The molecular weight excluding hydrogens is 206 g/mol. The van der Waals surface area contributed by atoms with Gasteiger partial charge in [0.25, 0.3) is 0 Å². The van der Waals surface area contributed by atoms with Crippen molar-refractivity contribution in [2.75, 3.05) is 19.4 Å². The number of aliphatic hydroxyl groups is 1. The lowest BCUT2D eigenvalue weighted by Gasteiger charge is -2.18. The van der Waals surface area contributed by atoms with Gasteiger partial charge in [0, 0.05) is 17.0 Å². The molecule has 0 spiro atoms. The van der Waals surface area contributed by atoms with Gasteiger partial charge < -0.3 is 10.4 Å². The molecule has 2 N–H and O–H groups in total. The molecule has 0 bridgehead atoms. The lowest BCUT2D eigenvalue weighted by Crippen LogP contribution is -2.24. The first-order chi connectivity index (χ1) is 7.36. The predicted octanol–water partition coefficient (Wildman–Crippen LogP) is 1.60. The summed E-state index contributed by atoms with van der Waals surface area (Å²) in [5.74, 6) is 0.830. The Morgan fingerprint density at radius 1 is 1.47 bits per heavy atom. The zero-order chi connectivity index (χ0) is 10.7. The second-order valence-corrected chi connectivity index (χ2v) is 5.15. The smallest absolute Gasteiger partial charge is 0.0521 e. The molecule has 0 fully saturated rings. The van der Waals surface area contributed by atoms with Crippen LogP contribution in [0.1, 0.15) is 17.2 Å². The molecule has 0 radical (unpaired) electrons. The van der Waals surface area contributed by atoms with Crippen LogP contribution in [0.2, 0.25) is 0 Å². The van der Waals surface area contributed by atoms with Crippen LogP contribution in [-0.4, -0.2) is 29.8 Å². The second-order valence-electron chi connectivity index (χ2n) is 3.80. The largest absolute Gasteiger partial charge is 0.396 e. The molecule has 2 atom stereocenters. The van der Waals surface area contributed by atoms with E-state index < -0.39 is 0 Å². The van der Waals surface area contributed by atoms with Crippen LogP contribution in [0.5, 0.6) is 0 Å². The molecule has 1 aliphatic carbocycles. The van der Waals surface area contributed by atoms with E-state index in [0.29, 0.717) is 11.3 Å². The van der Waals surface area contributed by atoms with E-state index >= 15 is 0 Å². The summed E-state index contributed by atoms with van der Waals surface area (Å²) >= 11 is 1.86. The van der Waals surface area contributed by atoms with Gasteiger partial charge in [0.2, 0.25) is 0 Å². The minimum atomic E-state index is 0.272. The van der Waals surface area contributed by atoms with Crippen LogP contribution in [0.25, 0.3) is 0 Å². The summed E-state index contributed by atoms with van der Waals surface area (Å²) in [4.78, 5) is 0. The molecule has 0 amide bonds. The van der Waals surface area contributed by atoms with Gasteiger partial charge >= 0.3 is 0 Å². The molecule has 15 heavy (non-hydrogen) atoms. The first-order valence-corrected chi connectivity index (χ1v) is 6.39. The van der Waals surface area contributed by atoms with E-state index in [1.165, 1.54) is 11.1 Å². The number of nitrogens with one attached hydrogen (secondary N) is 1. The molecular formula is C12H17NOS. The molecule has 0 aliphatic heterocycles. The minimum absolute atomic E-state index is 0.272. The van der Waals surface area contributed by atoms with Crippen molar-refractivity contribution >= 4 is 11.8 Å². The van der Waals surface area contributed by atoms with Crippen molar-refractivity contribution in [3.63, 3.8) is 0 Å². The first kappa shape index (κ1) is 11.0. The Labute approximate surface area is 95.1 Å². The fourth-order valence-electron chi connectivity index (χ4n) is 2.26. The van der Waals surface area contributed by atoms with Crippen LogP contribution in [0.4, 0.5) is 0 Å². The standard InChI is InChI=1S/C12H17NOS/c1-13-12-10-5-3-2-4-9(10)8-11(12)15-7-6-14/h2-5,11-14H,6-8H2,1H3. The third-order valence-electron chi connectivity index (χ3n) is 2.92. The van der Waals surface area contributed by atoms with Gasteiger partial charge in [-0.15, -0.1) is 0 Å². The molecule has 1 aromatic carbocycles. The van der Waals surface area contributed by atoms with Crippen LogP contribution in [0, 0.1) is 0 Å². The second kappa shape index (κ2) is 5.01. The molecule has 2 unspecified atom stereocenters. The van der Waals surface area contributed by atoms with Crippen molar-refractivity contribution in [3.05, 3.63) is 35.4 Å². The third-order valence-corrected chi connectivity index (χ3v) is 4.20. The molecule has 1 aromatic rings. The number of thioether (sulfide) groups is 1. The van der Waals surface area contributed by atoms with Crippen LogP contribution in [0.15, 0.2) is 24.3 Å². The van der Waals surface area contributed by atoms with Gasteiger partial charge in [0.05, 0.1) is 6.61 Å². The Morgan fingerprint density at radius 2 is 2.27 bits per heavy atom. The maximum Gasteiger partial charge on any atom is 0.0521 e. The number of hydrogen-bond donors (Lipinski definition) is 2. The number of fused-ring (bicyclic) bond motifs is 1. The van der Waals surface area contributed by atoms with Crippen LogP contribution in [0.3, 0.4) is 0 Å². The van der Waals surface area contributed by atoms with E-state index in [4.69, 9.17) is 5.11 Å². The van der Waals surface area contributed by atoms with Crippen molar-refractivity contribution in [1.82, 2.24) is 5.32 Å². The molecule has 0 saturated heterocycles. The van der Waals surface area contributed by atoms with Gasteiger partial charge in [0.1, 0.15) is 0 Å². The van der Waals surface area contributed by atoms with E-state index in [1.807, 2.05) is 18.8 Å². The van der Waals surface area contributed by atoms with Gasteiger partial charge in [-0.3, -0.25) is 0 Å². The number of rotatable bonds is 4. The maximum atomic E-state index is 8.86. The molecule has 1 aliphatic rings. The van der Waals surface area contributed by atoms with Crippen molar-refractivity contribution in [3.8, 4) is 0 Å². The molecule has 82 valence electrons. The van der Waals surface area contributed by atoms with Gasteiger partial charge in [-0.2, -0.15) is 11.8 Å². The van der Waals surface area contributed by atoms with E-state index in [0.717, 1.165) is 12.2 Å². The highest BCUT2D eigenvalue weighted by atomic mass is 32.2.